The molecular weight excluding hydrogens is 190 g/mol. The fourth-order valence-corrected chi connectivity index (χ4v) is 0.739. The van der Waals surface area contributed by atoms with Crippen LogP contribution in [0.3, 0.4) is 0 Å². The highest BCUT2D eigenvalue weighted by atomic mass is 35.5. The zero-order chi connectivity index (χ0) is 8.20. The molecule has 0 rings (SSSR count). The van der Waals surface area contributed by atoms with Gasteiger partial charge in [0.2, 0.25) is 0 Å². The molecule has 0 radical (unpaired) electrons. The number of sulfone groups is 1. The van der Waals surface area contributed by atoms with Gasteiger partial charge in [-0.15, -0.1) is 12.4 Å². The van der Waals surface area contributed by atoms with Crippen molar-refractivity contribution in [3.05, 3.63) is 11.5 Å². The van der Waals surface area contributed by atoms with Gasteiger partial charge in [0, 0.05) is 18.8 Å². The fourth-order valence-electron chi connectivity index (χ4n) is 0.299. The summed E-state index contributed by atoms with van der Waals surface area (Å²) in [6.45, 7) is 0. The minimum absolute atomic E-state index is 0. The predicted molar refractivity (Wildman–Crippen MR) is 46.2 cm³/mol. The van der Waals surface area contributed by atoms with E-state index in [-0.39, 0.29) is 12.4 Å². The van der Waals surface area contributed by atoms with E-state index in [1.165, 1.54) is 13.2 Å². The van der Waals surface area contributed by atoms with Gasteiger partial charge in [-0.3, -0.25) is 0 Å². The first kappa shape index (κ1) is 13.5. The van der Waals surface area contributed by atoms with Crippen LogP contribution in [0.15, 0.2) is 11.5 Å². The Balaban J connectivity index is 0. The second kappa shape index (κ2) is 5.54. The Hall–Kier alpha value is -0.100. The molecular formula is C5H12ClNO3S. The number of hydrogen-bond donors (Lipinski definition) is 1. The number of rotatable bonds is 3. The molecule has 0 aliphatic heterocycles. The number of halogens is 1. The predicted octanol–water partition coefficient (Wildman–Crippen LogP) is -0.102. The summed E-state index contributed by atoms with van der Waals surface area (Å²) in [5, 5.41) is 1.02. The van der Waals surface area contributed by atoms with Gasteiger partial charge in [0.1, 0.15) is 6.23 Å². The van der Waals surface area contributed by atoms with Crippen molar-refractivity contribution in [3.8, 4) is 0 Å². The minimum Gasteiger partial charge on any atom is -0.363 e. The van der Waals surface area contributed by atoms with Crippen molar-refractivity contribution in [1.29, 1.82) is 0 Å². The lowest BCUT2D eigenvalue weighted by Gasteiger charge is -2.00. The van der Waals surface area contributed by atoms with Crippen LogP contribution in [0.4, 0.5) is 0 Å². The van der Waals surface area contributed by atoms with Gasteiger partial charge in [-0.1, -0.05) is 0 Å². The maximum atomic E-state index is 10.5. The van der Waals surface area contributed by atoms with Gasteiger partial charge in [0.05, 0.1) is 0 Å². The van der Waals surface area contributed by atoms with Crippen LogP contribution >= 0.6 is 12.4 Å². The zero-order valence-electron chi connectivity index (χ0n) is 6.35. The number of methoxy groups -OCH3 is 1. The summed E-state index contributed by atoms with van der Waals surface area (Å²) in [7, 11) is -1.67. The van der Waals surface area contributed by atoms with Crippen LogP contribution in [0.25, 0.3) is 0 Å². The molecule has 0 saturated heterocycles. The van der Waals surface area contributed by atoms with Crippen LogP contribution in [0, 0.1) is 0 Å². The molecule has 1 unspecified atom stereocenters. The number of ether oxygens (including phenoxy) is 1. The monoisotopic (exact) mass is 201 g/mol. The van der Waals surface area contributed by atoms with Gasteiger partial charge >= 0.3 is 0 Å². The molecule has 0 aromatic carbocycles. The molecule has 0 aliphatic carbocycles. The van der Waals surface area contributed by atoms with E-state index < -0.39 is 16.1 Å². The van der Waals surface area contributed by atoms with E-state index in [0.29, 0.717) is 0 Å². The van der Waals surface area contributed by atoms with Crippen LogP contribution in [0.2, 0.25) is 0 Å². The molecule has 0 aromatic heterocycles. The van der Waals surface area contributed by atoms with Crippen LogP contribution in [-0.2, 0) is 14.6 Å². The van der Waals surface area contributed by atoms with E-state index in [9.17, 15) is 8.42 Å². The lowest BCUT2D eigenvalue weighted by Crippen LogP contribution is -2.18. The molecule has 0 amide bonds. The van der Waals surface area contributed by atoms with Crippen molar-refractivity contribution >= 4 is 22.2 Å². The van der Waals surface area contributed by atoms with Crippen molar-refractivity contribution in [3.63, 3.8) is 0 Å². The molecule has 1 atom stereocenters. The standard InChI is InChI=1S/C5H11NO3S.ClH/c1-9-5(6)3-4-10(2,7)8;/h3-5H,6H2,1-2H3;1H. The van der Waals surface area contributed by atoms with E-state index in [0.717, 1.165) is 11.7 Å². The SMILES string of the molecule is COC(N)C=CS(C)(=O)=O.Cl. The maximum Gasteiger partial charge on any atom is 0.168 e. The lowest BCUT2D eigenvalue weighted by atomic mass is 10.6. The molecule has 2 N–H and O–H groups in total. The summed E-state index contributed by atoms with van der Waals surface area (Å²) >= 11 is 0. The average Bonchev–Trinajstić information content (AvgIpc) is 1.81. The van der Waals surface area contributed by atoms with E-state index >= 15 is 0 Å². The van der Waals surface area contributed by atoms with Crippen molar-refractivity contribution in [2.24, 2.45) is 5.73 Å². The van der Waals surface area contributed by atoms with Crippen molar-refractivity contribution in [2.45, 2.75) is 6.23 Å². The molecule has 0 aliphatic rings. The van der Waals surface area contributed by atoms with Gasteiger partial charge in [-0.25, -0.2) is 8.42 Å². The Morgan fingerprint density at radius 2 is 2.00 bits per heavy atom. The van der Waals surface area contributed by atoms with Crippen molar-refractivity contribution in [1.82, 2.24) is 0 Å². The second-order valence-corrected chi connectivity index (χ2v) is 3.79. The molecule has 6 heteroatoms. The Bertz CT molecular complexity index is 212. The molecule has 0 saturated carbocycles. The van der Waals surface area contributed by atoms with Gasteiger partial charge in [0.15, 0.2) is 9.84 Å². The Labute approximate surface area is 72.7 Å². The first-order valence-corrected chi connectivity index (χ1v) is 4.58. The Morgan fingerprint density at radius 3 is 2.27 bits per heavy atom. The van der Waals surface area contributed by atoms with E-state index in [1.807, 2.05) is 0 Å². The number of hydrogen-bond acceptors (Lipinski definition) is 4. The van der Waals surface area contributed by atoms with E-state index in [1.54, 1.807) is 0 Å². The smallest absolute Gasteiger partial charge is 0.168 e. The summed E-state index contributed by atoms with van der Waals surface area (Å²) in [5.41, 5.74) is 5.21. The summed E-state index contributed by atoms with van der Waals surface area (Å²) in [5.74, 6) is 0. The first-order chi connectivity index (χ1) is 4.45. The topological polar surface area (TPSA) is 69.4 Å². The summed E-state index contributed by atoms with van der Waals surface area (Å²) in [6.07, 6.45) is 1.72. The molecule has 68 valence electrons. The highest BCUT2D eigenvalue weighted by Crippen LogP contribution is 1.88. The van der Waals surface area contributed by atoms with Gasteiger partial charge in [0.25, 0.3) is 0 Å². The normalized spacial score (nSPS) is 14.5. The van der Waals surface area contributed by atoms with Gasteiger partial charge in [-0.05, 0) is 6.08 Å². The summed E-state index contributed by atoms with van der Waals surface area (Å²) in [6, 6.07) is 0. The molecule has 0 spiro atoms. The van der Waals surface area contributed by atoms with Gasteiger partial charge < -0.3 is 10.5 Å². The summed E-state index contributed by atoms with van der Waals surface area (Å²) < 4.78 is 25.5. The largest absolute Gasteiger partial charge is 0.363 e. The minimum atomic E-state index is -3.07. The lowest BCUT2D eigenvalue weighted by molar-refractivity contribution is 0.147. The molecule has 0 heterocycles. The van der Waals surface area contributed by atoms with Crippen molar-refractivity contribution in [2.75, 3.05) is 13.4 Å². The van der Waals surface area contributed by atoms with E-state index in [2.05, 4.69) is 4.74 Å². The number of nitrogens with two attached hydrogens (primary N) is 1. The highest BCUT2D eigenvalue weighted by Gasteiger charge is 1.95. The third-order valence-corrected chi connectivity index (χ3v) is 1.44. The van der Waals surface area contributed by atoms with Gasteiger partial charge in [-0.2, -0.15) is 0 Å². The maximum absolute atomic E-state index is 10.5. The zero-order valence-corrected chi connectivity index (χ0v) is 7.98. The van der Waals surface area contributed by atoms with Crippen molar-refractivity contribution < 1.29 is 13.2 Å². The quantitative estimate of drug-likeness (QED) is 0.648. The molecule has 0 bridgehead atoms. The van der Waals surface area contributed by atoms with Crippen LogP contribution in [0.5, 0.6) is 0 Å². The molecule has 0 fully saturated rings. The molecule has 0 aromatic rings. The highest BCUT2D eigenvalue weighted by molar-refractivity contribution is 7.93. The van der Waals surface area contributed by atoms with Crippen LogP contribution < -0.4 is 5.73 Å². The first-order valence-electron chi connectivity index (χ1n) is 2.62. The van der Waals surface area contributed by atoms with E-state index in [4.69, 9.17) is 5.73 Å². The van der Waals surface area contributed by atoms with Crippen LogP contribution in [0.1, 0.15) is 0 Å². The summed E-state index contributed by atoms with van der Waals surface area (Å²) in [4.78, 5) is 0. The Kier molecular flexibility index (Phi) is 6.79. The molecule has 4 nitrogen and oxygen atoms in total. The van der Waals surface area contributed by atoms with Crippen LogP contribution in [-0.4, -0.2) is 28.0 Å². The third kappa shape index (κ3) is 9.90. The second-order valence-electron chi connectivity index (χ2n) is 1.86. The molecule has 11 heavy (non-hydrogen) atoms. The Morgan fingerprint density at radius 1 is 1.55 bits per heavy atom. The third-order valence-electron chi connectivity index (χ3n) is 0.788. The fraction of sp³-hybridized carbons (Fsp3) is 0.600. The average molecular weight is 202 g/mol.